The van der Waals surface area contributed by atoms with Gasteiger partial charge in [-0.25, -0.2) is 0 Å². The van der Waals surface area contributed by atoms with Crippen LogP contribution in [0.15, 0.2) is 0 Å². The van der Waals surface area contributed by atoms with E-state index in [0.717, 1.165) is 45.1 Å². The minimum atomic E-state index is -0.463. The van der Waals surface area contributed by atoms with E-state index in [-0.39, 0.29) is 36.4 Å². The molecule has 3 rings (SSSR count). The van der Waals surface area contributed by atoms with Gasteiger partial charge in [-0.3, -0.25) is 9.59 Å². The number of nitrogens with two attached hydrogens (primary N) is 1. The Balaban J connectivity index is 1.66. The lowest BCUT2D eigenvalue weighted by Crippen LogP contribution is -2.49. The lowest BCUT2D eigenvalue weighted by atomic mass is 9.66. The molecule has 0 aromatic carbocycles. The number of aliphatic hydroxyl groups is 1. The second-order valence-corrected chi connectivity index (χ2v) is 11.6. The van der Waals surface area contributed by atoms with Crippen molar-refractivity contribution >= 4 is 11.9 Å². The van der Waals surface area contributed by atoms with Crippen molar-refractivity contribution in [1.29, 1.82) is 0 Å². The molecule has 1 saturated heterocycles. The van der Waals surface area contributed by atoms with Gasteiger partial charge in [0, 0.05) is 27.4 Å². The van der Waals surface area contributed by atoms with Crippen LogP contribution in [-0.4, -0.2) is 61.3 Å². The van der Waals surface area contributed by atoms with Crippen LogP contribution in [0.1, 0.15) is 97.3 Å². The number of hydrogen-bond donors (Lipinski definition) is 3. The average Bonchev–Trinajstić information content (AvgIpc) is 2.82. The highest BCUT2D eigenvalue weighted by atomic mass is 16.6. The molecule has 6 unspecified atom stereocenters. The van der Waals surface area contributed by atoms with Gasteiger partial charge in [-0.05, 0) is 75.2 Å². The third-order valence-electron chi connectivity index (χ3n) is 8.84. The summed E-state index contributed by atoms with van der Waals surface area (Å²) in [4.78, 5) is 23.9. The third-order valence-corrected chi connectivity index (χ3v) is 8.84. The molecule has 36 heavy (non-hydrogen) atoms. The minimum absolute atomic E-state index is 0.000221. The van der Waals surface area contributed by atoms with E-state index in [9.17, 15) is 14.7 Å². The highest BCUT2D eigenvalue weighted by molar-refractivity contribution is 5.66. The van der Waals surface area contributed by atoms with Gasteiger partial charge in [0.05, 0.1) is 18.4 Å². The summed E-state index contributed by atoms with van der Waals surface area (Å²) in [7, 11) is 1.67. The first kappa shape index (κ1) is 29.3. The van der Waals surface area contributed by atoms with Gasteiger partial charge in [0.1, 0.15) is 12.2 Å². The number of nitrogens with one attached hydrogen (secondary N) is 1. The smallest absolute Gasteiger partial charge is 0.302 e. The summed E-state index contributed by atoms with van der Waals surface area (Å²) in [5, 5.41) is 14.0. The Morgan fingerprint density at radius 2 is 1.69 bits per heavy atom. The first-order valence-electron chi connectivity index (χ1n) is 14.3. The lowest BCUT2D eigenvalue weighted by molar-refractivity contribution is -0.154. The van der Waals surface area contributed by atoms with Crippen LogP contribution in [-0.2, 0) is 23.8 Å². The van der Waals surface area contributed by atoms with Crippen molar-refractivity contribution in [3.8, 4) is 0 Å². The van der Waals surface area contributed by atoms with E-state index in [2.05, 4.69) is 5.32 Å². The second-order valence-electron chi connectivity index (χ2n) is 11.6. The summed E-state index contributed by atoms with van der Waals surface area (Å²) >= 11 is 0. The maximum atomic E-state index is 12.0. The summed E-state index contributed by atoms with van der Waals surface area (Å²) in [6, 6.07) is 0. The predicted octanol–water partition coefficient (Wildman–Crippen LogP) is 3.68. The zero-order valence-corrected chi connectivity index (χ0v) is 22.7. The number of methoxy groups -OCH3 is 1. The zero-order valence-electron chi connectivity index (χ0n) is 22.7. The largest absolute Gasteiger partial charge is 0.462 e. The van der Waals surface area contributed by atoms with Crippen molar-refractivity contribution in [3.63, 3.8) is 0 Å². The molecular formula is C28H50N2O6. The van der Waals surface area contributed by atoms with Crippen LogP contribution in [0.3, 0.4) is 0 Å². The van der Waals surface area contributed by atoms with Gasteiger partial charge < -0.3 is 30.4 Å². The molecule has 1 heterocycles. The van der Waals surface area contributed by atoms with Crippen LogP contribution in [0.2, 0.25) is 0 Å². The molecule has 4 N–H and O–H groups in total. The molecule has 0 aromatic heterocycles. The molecule has 2 saturated carbocycles. The van der Waals surface area contributed by atoms with Crippen molar-refractivity contribution in [2.45, 2.75) is 128 Å². The number of carbonyl (C=O) groups excluding carboxylic acids is 2. The Morgan fingerprint density at radius 3 is 2.33 bits per heavy atom. The molecule has 0 bridgehead atoms. The van der Waals surface area contributed by atoms with Crippen molar-refractivity contribution in [2.24, 2.45) is 29.4 Å². The summed E-state index contributed by atoms with van der Waals surface area (Å²) in [5.41, 5.74) is 6.22. The fourth-order valence-electron chi connectivity index (χ4n) is 7.16. The molecule has 8 nitrogen and oxygen atoms in total. The van der Waals surface area contributed by atoms with E-state index < -0.39 is 6.10 Å². The molecule has 3 aliphatic rings. The minimum Gasteiger partial charge on any atom is -0.462 e. The molecule has 208 valence electrons. The molecule has 0 radical (unpaired) electrons. The predicted molar refractivity (Wildman–Crippen MR) is 138 cm³/mol. The second kappa shape index (κ2) is 14.6. The van der Waals surface area contributed by atoms with E-state index >= 15 is 0 Å². The van der Waals surface area contributed by atoms with E-state index in [0.29, 0.717) is 36.5 Å². The molecule has 1 aliphatic heterocycles. The normalized spacial score (nSPS) is 33.5. The summed E-state index contributed by atoms with van der Waals surface area (Å²) in [6.07, 6.45) is 11.4. The van der Waals surface area contributed by atoms with Crippen LogP contribution in [0.4, 0.5) is 0 Å². The maximum absolute atomic E-state index is 12.0. The topological polar surface area (TPSA) is 120 Å². The quantitative estimate of drug-likeness (QED) is 0.360. The number of hydrogen-bond acceptors (Lipinski definition) is 8. The van der Waals surface area contributed by atoms with Gasteiger partial charge in [-0.1, -0.05) is 32.1 Å². The zero-order chi connectivity index (χ0) is 26.1. The Kier molecular flexibility index (Phi) is 11.9. The number of piperidine rings is 1. The van der Waals surface area contributed by atoms with E-state index in [1.54, 1.807) is 7.11 Å². The molecule has 8 heteroatoms. The van der Waals surface area contributed by atoms with E-state index in [4.69, 9.17) is 19.9 Å². The number of aliphatic hydroxyl groups excluding tert-OH is 1. The summed E-state index contributed by atoms with van der Waals surface area (Å²) in [5.74, 6) is 1.18. The maximum Gasteiger partial charge on any atom is 0.302 e. The highest BCUT2D eigenvalue weighted by Crippen LogP contribution is 2.43. The van der Waals surface area contributed by atoms with Crippen molar-refractivity contribution < 1.29 is 28.9 Å². The highest BCUT2D eigenvalue weighted by Gasteiger charge is 2.41. The van der Waals surface area contributed by atoms with E-state index in [1.165, 1.54) is 46.0 Å². The van der Waals surface area contributed by atoms with Crippen LogP contribution in [0.25, 0.3) is 0 Å². The van der Waals surface area contributed by atoms with Crippen molar-refractivity contribution in [1.82, 2.24) is 5.32 Å². The van der Waals surface area contributed by atoms with Crippen LogP contribution >= 0.6 is 0 Å². The number of ether oxygens (including phenoxy) is 3. The molecule has 8 atom stereocenters. The Bertz CT molecular complexity index is 685. The Hall–Kier alpha value is -1.22. The molecule has 0 aromatic rings. The third kappa shape index (κ3) is 9.26. The average molecular weight is 511 g/mol. The van der Waals surface area contributed by atoms with Gasteiger partial charge in [-0.2, -0.15) is 0 Å². The van der Waals surface area contributed by atoms with E-state index in [1.807, 2.05) is 0 Å². The lowest BCUT2D eigenvalue weighted by Gasteiger charge is -2.45. The molecule has 0 spiro atoms. The Labute approximate surface area is 217 Å². The molecular weight excluding hydrogens is 460 g/mol. The van der Waals surface area contributed by atoms with Gasteiger partial charge in [0.2, 0.25) is 0 Å². The number of rotatable bonds is 11. The van der Waals surface area contributed by atoms with Crippen LogP contribution in [0.5, 0.6) is 0 Å². The van der Waals surface area contributed by atoms with Gasteiger partial charge in [0.25, 0.3) is 0 Å². The summed E-state index contributed by atoms with van der Waals surface area (Å²) < 4.78 is 17.1. The first-order valence-corrected chi connectivity index (χ1v) is 14.3. The number of esters is 2. The fraction of sp³-hybridized carbons (Fsp3) is 0.929. The monoisotopic (exact) mass is 510 g/mol. The first-order chi connectivity index (χ1) is 17.2. The SMILES string of the molecule is COC1CC(CC[C@H](C[C@H](CC2CCCCC2)OC(C)=O)OC(C)=O)C(C2CCNC(N)C2)CC1O. The molecule has 2 aliphatic carbocycles. The fourth-order valence-corrected chi connectivity index (χ4v) is 7.16. The number of carbonyl (C=O) groups is 2. The van der Waals surface area contributed by atoms with Crippen molar-refractivity contribution in [2.75, 3.05) is 13.7 Å². The van der Waals surface area contributed by atoms with Gasteiger partial charge >= 0.3 is 11.9 Å². The van der Waals surface area contributed by atoms with Crippen LogP contribution in [0, 0.1) is 23.7 Å². The van der Waals surface area contributed by atoms with Gasteiger partial charge in [-0.15, -0.1) is 0 Å². The molecule has 0 amide bonds. The van der Waals surface area contributed by atoms with Crippen LogP contribution < -0.4 is 11.1 Å². The standard InChI is InChI=1S/C28H50N2O6/c1-18(31)35-23(16-24(36-19(2)32)13-20-7-5-4-6-8-20)10-9-21-14-27(34-3)26(33)17-25(21)22-11-12-30-28(29)15-22/h20-28,30,33H,4-17,29H2,1-3H3/t21?,22?,23-,24+,25?,26?,27?,28?/m1/s1. The van der Waals surface area contributed by atoms with Crippen molar-refractivity contribution in [3.05, 3.63) is 0 Å². The van der Waals surface area contributed by atoms with Gasteiger partial charge in [0.15, 0.2) is 0 Å². The molecule has 3 fully saturated rings. The Morgan fingerprint density at radius 1 is 1.00 bits per heavy atom. The summed E-state index contributed by atoms with van der Waals surface area (Å²) in [6.45, 7) is 3.81.